The van der Waals surface area contributed by atoms with Gasteiger partial charge in [0.15, 0.2) is 11.0 Å². The van der Waals surface area contributed by atoms with Crippen LogP contribution in [0.3, 0.4) is 0 Å². The summed E-state index contributed by atoms with van der Waals surface area (Å²) in [6.45, 7) is 4.00. The topological polar surface area (TPSA) is 92.4 Å². The van der Waals surface area contributed by atoms with Crippen LogP contribution in [0.15, 0.2) is 89.1 Å². The van der Waals surface area contributed by atoms with Crippen LogP contribution >= 0.6 is 11.8 Å². The van der Waals surface area contributed by atoms with E-state index in [4.69, 9.17) is 0 Å². The number of hydrogen-bond acceptors (Lipinski definition) is 6. The molecule has 0 aliphatic rings. The number of phenolic OH excluding ortho intramolecular Hbond substituents is 1. The zero-order valence-electron chi connectivity index (χ0n) is 19.0. The Balaban J connectivity index is 1.52. The van der Waals surface area contributed by atoms with Crippen molar-refractivity contribution >= 4 is 23.4 Å². The van der Waals surface area contributed by atoms with Crippen LogP contribution in [0.25, 0.3) is 17.1 Å². The van der Waals surface area contributed by atoms with Gasteiger partial charge in [-0.3, -0.25) is 9.36 Å². The minimum Gasteiger partial charge on any atom is -0.508 e. The van der Waals surface area contributed by atoms with Crippen molar-refractivity contribution in [2.75, 3.05) is 5.75 Å². The number of aromatic nitrogens is 3. The number of benzene rings is 3. The van der Waals surface area contributed by atoms with Gasteiger partial charge < -0.3 is 5.11 Å². The molecule has 2 N–H and O–H groups in total. The lowest BCUT2D eigenvalue weighted by atomic mass is 10.1. The Hall–Kier alpha value is -3.91. The number of carbonyl (C=O) groups is 1. The number of hydrazone groups is 1. The second-order valence-corrected chi connectivity index (χ2v) is 8.57. The number of phenols is 1. The van der Waals surface area contributed by atoms with Crippen molar-refractivity contribution in [3.8, 4) is 22.8 Å². The summed E-state index contributed by atoms with van der Waals surface area (Å²) in [7, 11) is 0. The van der Waals surface area contributed by atoms with Crippen LogP contribution in [-0.2, 0) is 4.79 Å². The Morgan fingerprint density at radius 3 is 2.38 bits per heavy atom. The van der Waals surface area contributed by atoms with Gasteiger partial charge in [-0.15, -0.1) is 10.2 Å². The van der Waals surface area contributed by atoms with Crippen LogP contribution in [0.2, 0.25) is 0 Å². The summed E-state index contributed by atoms with van der Waals surface area (Å²) < 4.78 is 1.96. The van der Waals surface area contributed by atoms with Crippen LogP contribution in [0.5, 0.6) is 5.75 Å². The minimum absolute atomic E-state index is 0.134. The molecule has 0 aliphatic carbocycles. The van der Waals surface area contributed by atoms with E-state index in [2.05, 4.69) is 20.7 Å². The Kier molecular flexibility index (Phi) is 7.39. The Labute approximate surface area is 202 Å². The highest BCUT2D eigenvalue weighted by atomic mass is 32.2. The van der Waals surface area contributed by atoms with Crippen LogP contribution in [0.1, 0.15) is 24.5 Å². The van der Waals surface area contributed by atoms with E-state index in [1.807, 2.05) is 73.0 Å². The highest BCUT2D eigenvalue weighted by Crippen LogP contribution is 2.28. The molecule has 1 amide bonds. The number of thioether (sulfide) groups is 1. The van der Waals surface area contributed by atoms with Crippen LogP contribution in [-0.4, -0.2) is 37.2 Å². The number of amides is 1. The number of rotatable bonds is 8. The highest BCUT2D eigenvalue weighted by molar-refractivity contribution is 7.99. The average Bonchev–Trinajstić information content (AvgIpc) is 3.29. The molecule has 3 aromatic carbocycles. The number of nitrogens with one attached hydrogen (secondary N) is 1. The van der Waals surface area contributed by atoms with E-state index < -0.39 is 0 Å². The second kappa shape index (κ2) is 10.8. The summed E-state index contributed by atoms with van der Waals surface area (Å²) in [5, 5.41) is 23.1. The molecule has 0 unspecified atom stereocenters. The van der Waals surface area contributed by atoms with Gasteiger partial charge in [0.25, 0.3) is 5.91 Å². The summed E-state index contributed by atoms with van der Waals surface area (Å²) in [6.07, 6.45) is 0.639. The van der Waals surface area contributed by atoms with Crippen LogP contribution < -0.4 is 5.43 Å². The molecule has 4 rings (SSSR count). The van der Waals surface area contributed by atoms with E-state index in [9.17, 15) is 9.90 Å². The molecule has 34 heavy (non-hydrogen) atoms. The third kappa shape index (κ3) is 5.52. The summed E-state index contributed by atoms with van der Waals surface area (Å²) in [4.78, 5) is 12.6. The Bertz CT molecular complexity index is 1280. The smallest absolute Gasteiger partial charge is 0.250 e. The standard InChI is InChI=1S/C26H25N5O2S/c1-3-23(19-11-15-22(32)16-12-19)27-28-24(33)17-34-26-30-29-25(20-7-5-4-6-8-20)31(26)21-13-9-18(2)10-14-21/h4-16,32H,3,17H2,1-2H3,(H,28,33). The van der Waals surface area contributed by atoms with Gasteiger partial charge in [-0.25, -0.2) is 5.43 Å². The number of aromatic hydroxyl groups is 1. The summed E-state index contributed by atoms with van der Waals surface area (Å²) in [5.41, 5.74) is 7.23. The van der Waals surface area contributed by atoms with Crippen LogP contribution in [0.4, 0.5) is 0 Å². The molecular formula is C26H25N5O2S. The fourth-order valence-electron chi connectivity index (χ4n) is 3.36. The predicted molar refractivity (Wildman–Crippen MR) is 135 cm³/mol. The minimum atomic E-state index is -0.241. The molecule has 1 aromatic heterocycles. The molecule has 0 aliphatic heterocycles. The molecule has 8 heteroatoms. The summed E-state index contributed by atoms with van der Waals surface area (Å²) in [6, 6.07) is 24.7. The molecular weight excluding hydrogens is 446 g/mol. The van der Waals surface area contributed by atoms with E-state index in [1.54, 1.807) is 24.3 Å². The van der Waals surface area contributed by atoms with Crippen molar-refractivity contribution in [1.29, 1.82) is 0 Å². The molecule has 7 nitrogen and oxygen atoms in total. The molecule has 0 saturated heterocycles. The monoisotopic (exact) mass is 471 g/mol. The second-order valence-electron chi connectivity index (χ2n) is 7.63. The van der Waals surface area contributed by atoms with Gasteiger partial charge in [-0.05, 0) is 55.3 Å². The zero-order chi connectivity index (χ0) is 23.9. The quantitative estimate of drug-likeness (QED) is 0.215. The number of hydrogen-bond donors (Lipinski definition) is 2. The molecule has 0 radical (unpaired) electrons. The number of nitrogens with zero attached hydrogens (tertiary/aromatic N) is 4. The molecule has 172 valence electrons. The van der Waals surface area contributed by atoms with Gasteiger partial charge >= 0.3 is 0 Å². The normalized spacial score (nSPS) is 11.4. The summed E-state index contributed by atoms with van der Waals surface area (Å²) in [5.74, 6) is 0.794. The lowest BCUT2D eigenvalue weighted by molar-refractivity contribution is -0.118. The third-order valence-corrected chi connectivity index (χ3v) is 6.07. The first-order valence-electron chi connectivity index (χ1n) is 10.9. The van der Waals surface area contributed by atoms with Crippen molar-refractivity contribution in [2.24, 2.45) is 5.10 Å². The molecule has 0 fully saturated rings. The van der Waals surface area contributed by atoms with Crippen molar-refractivity contribution in [1.82, 2.24) is 20.2 Å². The predicted octanol–water partition coefficient (Wildman–Crippen LogP) is 4.97. The zero-order valence-corrected chi connectivity index (χ0v) is 19.8. The van der Waals surface area contributed by atoms with E-state index in [-0.39, 0.29) is 17.4 Å². The van der Waals surface area contributed by atoms with Gasteiger partial charge in [0.05, 0.1) is 11.5 Å². The van der Waals surface area contributed by atoms with E-state index in [0.717, 1.165) is 28.1 Å². The maximum atomic E-state index is 12.6. The summed E-state index contributed by atoms with van der Waals surface area (Å²) >= 11 is 1.30. The fourth-order valence-corrected chi connectivity index (χ4v) is 4.10. The first-order chi connectivity index (χ1) is 16.5. The lowest BCUT2D eigenvalue weighted by Crippen LogP contribution is -2.22. The van der Waals surface area contributed by atoms with E-state index in [0.29, 0.717) is 17.4 Å². The first kappa shape index (κ1) is 23.3. The van der Waals surface area contributed by atoms with Crippen LogP contribution in [0, 0.1) is 6.92 Å². The maximum Gasteiger partial charge on any atom is 0.250 e. The first-order valence-corrected chi connectivity index (χ1v) is 11.9. The average molecular weight is 472 g/mol. The van der Waals surface area contributed by atoms with Gasteiger partial charge in [-0.2, -0.15) is 5.10 Å². The maximum absolute atomic E-state index is 12.6. The van der Waals surface area contributed by atoms with Gasteiger partial charge in [0.2, 0.25) is 0 Å². The van der Waals surface area contributed by atoms with E-state index in [1.165, 1.54) is 11.8 Å². The largest absolute Gasteiger partial charge is 0.508 e. The Morgan fingerprint density at radius 1 is 1.00 bits per heavy atom. The molecule has 0 spiro atoms. The molecule has 1 heterocycles. The van der Waals surface area contributed by atoms with E-state index >= 15 is 0 Å². The van der Waals surface area contributed by atoms with Crippen molar-refractivity contribution in [2.45, 2.75) is 25.4 Å². The van der Waals surface area contributed by atoms with Crippen molar-refractivity contribution in [3.63, 3.8) is 0 Å². The molecule has 0 bridgehead atoms. The lowest BCUT2D eigenvalue weighted by Gasteiger charge is -2.11. The highest BCUT2D eigenvalue weighted by Gasteiger charge is 2.17. The SMILES string of the molecule is CCC(=NNC(=O)CSc1nnc(-c2ccccc2)n1-c1ccc(C)cc1)c1ccc(O)cc1. The number of aryl methyl sites for hydroxylation is 1. The fraction of sp³-hybridized carbons (Fsp3) is 0.154. The van der Waals surface area contributed by atoms with Gasteiger partial charge in [0, 0.05) is 11.3 Å². The molecule has 0 saturated carbocycles. The van der Waals surface area contributed by atoms with Crippen molar-refractivity contribution < 1.29 is 9.90 Å². The molecule has 4 aromatic rings. The molecule has 0 atom stereocenters. The Morgan fingerprint density at radius 2 is 1.71 bits per heavy atom. The van der Waals surface area contributed by atoms with Gasteiger partial charge in [0.1, 0.15) is 5.75 Å². The van der Waals surface area contributed by atoms with Gasteiger partial charge in [-0.1, -0.05) is 66.7 Å². The van der Waals surface area contributed by atoms with Crippen molar-refractivity contribution in [3.05, 3.63) is 90.0 Å². The third-order valence-electron chi connectivity index (χ3n) is 5.14. The number of carbonyl (C=O) groups excluding carboxylic acids is 1.